The molecule has 0 bridgehead atoms. The molecule has 0 saturated carbocycles. The van der Waals surface area contributed by atoms with Crippen molar-refractivity contribution in [3.05, 3.63) is 58.1 Å². The standard InChI is InChI=1S/C17H17N3O5/c21-17(12-1-6-15-16(11-12)25-10-9-24-15)19-8-7-18-13-2-4-14(5-3-13)20(22)23/h1-6,11,18H,7-10H2,(H,19,21). The lowest BCUT2D eigenvalue weighted by Gasteiger charge is -2.18. The number of nitrogens with one attached hydrogen (secondary N) is 2. The number of carbonyl (C=O) groups is 1. The second-order valence-corrected chi connectivity index (χ2v) is 5.35. The SMILES string of the molecule is O=C(NCCNc1ccc([N+](=O)[O-])cc1)c1ccc2c(c1)OCCO2. The van der Waals surface area contributed by atoms with Gasteiger partial charge in [-0.15, -0.1) is 0 Å². The van der Waals surface area contributed by atoms with Crippen LogP contribution in [0.25, 0.3) is 0 Å². The molecule has 0 fully saturated rings. The van der Waals surface area contributed by atoms with Crippen molar-refractivity contribution < 1.29 is 19.2 Å². The number of nitrogens with zero attached hydrogens (tertiary/aromatic N) is 1. The van der Waals surface area contributed by atoms with Gasteiger partial charge in [0, 0.05) is 36.5 Å². The van der Waals surface area contributed by atoms with Gasteiger partial charge in [0.15, 0.2) is 11.5 Å². The maximum Gasteiger partial charge on any atom is 0.269 e. The summed E-state index contributed by atoms with van der Waals surface area (Å²) >= 11 is 0. The second-order valence-electron chi connectivity index (χ2n) is 5.35. The van der Waals surface area contributed by atoms with Gasteiger partial charge in [0.2, 0.25) is 0 Å². The minimum atomic E-state index is -0.447. The molecule has 0 atom stereocenters. The molecule has 0 spiro atoms. The average Bonchev–Trinajstić information content (AvgIpc) is 2.65. The van der Waals surface area contributed by atoms with Crippen molar-refractivity contribution >= 4 is 17.3 Å². The summed E-state index contributed by atoms with van der Waals surface area (Å²) in [7, 11) is 0. The molecule has 1 aliphatic heterocycles. The molecular weight excluding hydrogens is 326 g/mol. The van der Waals surface area contributed by atoms with Crippen molar-refractivity contribution in [3.8, 4) is 11.5 Å². The van der Waals surface area contributed by atoms with Gasteiger partial charge >= 0.3 is 0 Å². The lowest BCUT2D eigenvalue weighted by atomic mass is 10.2. The molecule has 1 amide bonds. The molecule has 8 nitrogen and oxygen atoms in total. The molecule has 0 radical (unpaired) electrons. The van der Waals surface area contributed by atoms with Gasteiger partial charge in [0.05, 0.1) is 4.92 Å². The van der Waals surface area contributed by atoms with Crippen molar-refractivity contribution in [2.75, 3.05) is 31.6 Å². The highest BCUT2D eigenvalue weighted by Gasteiger charge is 2.14. The maximum absolute atomic E-state index is 12.2. The fourth-order valence-corrected chi connectivity index (χ4v) is 2.37. The molecular formula is C17H17N3O5. The van der Waals surface area contributed by atoms with Gasteiger partial charge in [-0.1, -0.05) is 0 Å². The van der Waals surface area contributed by atoms with E-state index in [9.17, 15) is 14.9 Å². The predicted molar refractivity (Wildman–Crippen MR) is 91.4 cm³/mol. The first-order chi connectivity index (χ1) is 12.1. The highest BCUT2D eigenvalue weighted by atomic mass is 16.6. The smallest absolute Gasteiger partial charge is 0.269 e. The fraction of sp³-hybridized carbons (Fsp3) is 0.235. The zero-order chi connectivity index (χ0) is 17.6. The van der Waals surface area contributed by atoms with E-state index >= 15 is 0 Å². The normalized spacial score (nSPS) is 12.3. The van der Waals surface area contributed by atoms with Gasteiger partial charge in [0.25, 0.3) is 11.6 Å². The predicted octanol–water partition coefficient (Wildman–Crippen LogP) is 2.21. The summed E-state index contributed by atoms with van der Waals surface area (Å²) in [6.45, 7) is 1.88. The monoisotopic (exact) mass is 343 g/mol. The number of nitro benzene ring substituents is 1. The number of non-ortho nitro benzene ring substituents is 1. The van der Waals surface area contributed by atoms with Gasteiger partial charge in [0.1, 0.15) is 13.2 Å². The first-order valence-corrected chi connectivity index (χ1v) is 7.79. The Bertz CT molecular complexity index is 776. The number of hydrogen-bond donors (Lipinski definition) is 2. The van der Waals surface area contributed by atoms with Gasteiger partial charge in [-0.3, -0.25) is 14.9 Å². The van der Waals surface area contributed by atoms with E-state index in [1.54, 1.807) is 30.3 Å². The zero-order valence-electron chi connectivity index (χ0n) is 13.4. The Morgan fingerprint density at radius 1 is 1.04 bits per heavy atom. The van der Waals surface area contributed by atoms with Crippen LogP contribution < -0.4 is 20.1 Å². The summed E-state index contributed by atoms with van der Waals surface area (Å²) in [5.74, 6) is 1.01. The molecule has 2 N–H and O–H groups in total. The van der Waals surface area contributed by atoms with Crippen LogP contribution in [0.2, 0.25) is 0 Å². The number of amides is 1. The van der Waals surface area contributed by atoms with Crippen molar-refractivity contribution in [3.63, 3.8) is 0 Å². The van der Waals surface area contributed by atoms with E-state index in [1.807, 2.05) is 0 Å². The highest BCUT2D eigenvalue weighted by molar-refractivity contribution is 5.94. The quantitative estimate of drug-likeness (QED) is 0.473. The van der Waals surface area contributed by atoms with Crippen molar-refractivity contribution in [1.29, 1.82) is 0 Å². The van der Waals surface area contributed by atoms with Crippen LogP contribution in [-0.2, 0) is 0 Å². The third-order valence-corrected chi connectivity index (χ3v) is 3.62. The largest absolute Gasteiger partial charge is 0.486 e. The van der Waals surface area contributed by atoms with Crippen LogP contribution in [0.5, 0.6) is 11.5 Å². The van der Waals surface area contributed by atoms with Crippen LogP contribution in [-0.4, -0.2) is 37.1 Å². The number of benzene rings is 2. The number of carbonyl (C=O) groups excluding carboxylic acids is 1. The molecule has 25 heavy (non-hydrogen) atoms. The van der Waals surface area contributed by atoms with Crippen LogP contribution in [0.4, 0.5) is 11.4 Å². The molecule has 1 aliphatic rings. The Morgan fingerprint density at radius 3 is 2.48 bits per heavy atom. The van der Waals surface area contributed by atoms with E-state index in [0.717, 1.165) is 5.69 Å². The first-order valence-electron chi connectivity index (χ1n) is 7.79. The minimum absolute atomic E-state index is 0.0393. The summed E-state index contributed by atoms with van der Waals surface area (Å²) in [6.07, 6.45) is 0. The van der Waals surface area contributed by atoms with Gasteiger partial charge in [-0.2, -0.15) is 0 Å². The fourth-order valence-electron chi connectivity index (χ4n) is 2.37. The summed E-state index contributed by atoms with van der Waals surface area (Å²) in [4.78, 5) is 22.3. The third kappa shape index (κ3) is 4.17. The summed E-state index contributed by atoms with van der Waals surface area (Å²) in [6, 6.07) is 11.2. The zero-order valence-corrected chi connectivity index (χ0v) is 13.4. The second kappa shape index (κ2) is 7.52. The Kier molecular flexibility index (Phi) is 4.98. The topological polar surface area (TPSA) is 103 Å². The number of ether oxygens (including phenoxy) is 2. The van der Waals surface area contributed by atoms with Gasteiger partial charge in [-0.05, 0) is 30.3 Å². The lowest BCUT2D eigenvalue weighted by Crippen LogP contribution is -2.29. The van der Waals surface area contributed by atoms with Crippen LogP contribution in [0, 0.1) is 10.1 Å². The van der Waals surface area contributed by atoms with Crippen LogP contribution in [0.3, 0.4) is 0 Å². The molecule has 8 heteroatoms. The molecule has 2 aromatic rings. The van der Waals surface area contributed by atoms with Crippen molar-refractivity contribution in [2.24, 2.45) is 0 Å². The molecule has 0 unspecified atom stereocenters. The lowest BCUT2D eigenvalue weighted by molar-refractivity contribution is -0.384. The number of hydrogen-bond acceptors (Lipinski definition) is 6. The molecule has 0 aliphatic carbocycles. The molecule has 2 aromatic carbocycles. The van der Waals surface area contributed by atoms with E-state index in [0.29, 0.717) is 43.4 Å². The first kappa shape index (κ1) is 16.6. The van der Waals surface area contributed by atoms with E-state index in [1.165, 1.54) is 12.1 Å². The summed E-state index contributed by atoms with van der Waals surface area (Å²) < 4.78 is 10.9. The Balaban J connectivity index is 1.47. The third-order valence-electron chi connectivity index (χ3n) is 3.62. The number of fused-ring (bicyclic) bond motifs is 1. The van der Waals surface area contributed by atoms with Crippen LogP contribution in [0.15, 0.2) is 42.5 Å². The Hall–Kier alpha value is -3.29. The Morgan fingerprint density at radius 2 is 1.76 bits per heavy atom. The number of anilines is 1. The molecule has 0 aromatic heterocycles. The molecule has 3 rings (SSSR count). The number of nitro groups is 1. The van der Waals surface area contributed by atoms with Crippen LogP contribution in [0.1, 0.15) is 10.4 Å². The van der Waals surface area contributed by atoms with Crippen LogP contribution >= 0.6 is 0 Å². The molecule has 1 heterocycles. The highest BCUT2D eigenvalue weighted by Crippen LogP contribution is 2.30. The molecule has 0 saturated heterocycles. The van der Waals surface area contributed by atoms with Crippen molar-refractivity contribution in [1.82, 2.24) is 5.32 Å². The maximum atomic E-state index is 12.2. The number of rotatable bonds is 6. The van der Waals surface area contributed by atoms with E-state index in [2.05, 4.69) is 10.6 Å². The summed E-state index contributed by atoms with van der Waals surface area (Å²) in [5, 5.41) is 16.5. The van der Waals surface area contributed by atoms with Gasteiger partial charge in [-0.25, -0.2) is 0 Å². The van der Waals surface area contributed by atoms with E-state index in [-0.39, 0.29) is 11.6 Å². The minimum Gasteiger partial charge on any atom is -0.486 e. The summed E-state index contributed by atoms with van der Waals surface area (Å²) in [5.41, 5.74) is 1.29. The molecule has 130 valence electrons. The van der Waals surface area contributed by atoms with Crippen molar-refractivity contribution in [2.45, 2.75) is 0 Å². The van der Waals surface area contributed by atoms with Gasteiger partial charge < -0.3 is 20.1 Å². The van der Waals surface area contributed by atoms with E-state index in [4.69, 9.17) is 9.47 Å². The Labute approximate surface area is 143 Å². The average molecular weight is 343 g/mol. The van der Waals surface area contributed by atoms with E-state index < -0.39 is 4.92 Å².